The Labute approximate surface area is 285 Å². The van der Waals surface area contributed by atoms with Gasteiger partial charge in [0.25, 0.3) is 0 Å². The number of aryl methyl sites for hydroxylation is 3. The van der Waals surface area contributed by atoms with Crippen molar-refractivity contribution in [1.82, 2.24) is 29.2 Å². The van der Waals surface area contributed by atoms with Crippen LogP contribution in [0.1, 0.15) is 49.4 Å². The number of Topliss-reactive ketones (excluding diaryl/α,β-unsaturated/α-hetero) is 1. The number of carboxylic acids is 1. The summed E-state index contributed by atoms with van der Waals surface area (Å²) < 4.78 is 82.7. The molecule has 4 aromatic heterocycles. The van der Waals surface area contributed by atoms with Gasteiger partial charge in [0.2, 0.25) is 0 Å². The quantitative estimate of drug-likeness (QED) is 0.131. The molecule has 4 heterocycles. The molecule has 268 valence electrons. The molecule has 0 saturated carbocycles. The molecule has 0 unspecified atom stereocenters. The number of ether oxygens (including phenoxy) is 2. The van der Waals surface area contributed by atoms with Gasteiger partial charge in [0.15, 0.2) is 17.1 Å². The average molecular weight is 718 g/mol. The van der Waals surface area contributed by atoms with Crippen LogP contribution in [0.4, 0.5) is 26.3 Å². The number of pyridine rings is 2. The highest BCUT2D eigenvalue weighted by atomic mass is 19.4. The summed E-state index contributed by atoms with van der Waals surface area (Å²) in [6.07, 6.45) is -2.89. The number of ketones is 1. The molecule has 0 aliphatic carbocycles. The first-order valence-electron chi connectivity index (χ1n) is 14.8. The van der Waals surface area contributed by atoms with E-state index in [0.717, 1.165) is 11.1 Å². The SMILES string of the molecule is Cc1cc(OC(F)(F)F)ccc1CCC(=O)c1ccc2ncnn2c1.Cc1cc(OC(F)(F)F)ccc1CN.O=C(O)c1ccc2ncnn2c1. The van der Waals surface area contributed by atoms with Gasteiger partial charge in [-0.1, -0.05) is 12.1 Å². The van der Waals surface area contributed by atoms with E-state index in [9.17, 15) is 35.9 Å². The summed E-state index contributed by atoms with van der Waals surface area (Å²) in [5.41, 5.74) is 10.3. The highest BCUT2D eigenvalue weighted by molar-refractivity contribution is 5.96. The molecule has 0 atom stereocenters. The molecule has 0 saturated heterocycles. The van der Waals surface area contributed by atoms with Crippen LogP contribution in [-0.4, -0.2) is 58.8 Å². The number of nitrogens with zero attached hydrogens (tertiary/aromatic N) is 6. The second kappa shape index (κ2) is 16.1. The fraction of sp³-hybridized carbons (Fsp3) is 0.212. The number of halogens is 6. The first-order chi connectivity index (χ1) is 24.0. The van der Waals surface area contributed by atoms with Gasteiger partial charge in [0.1, 0.15) is 24.2 Å². The summed E-state index contributed by atoms with van der Waals surface area (Å²) >= 11 is 0. The van der Waals surface area contributed by atoms with E-state index >= 15 is 0 Å². The summed E-state index contributed by atoms with van der Waals surface area (Å²) in [7, 11) is 0. The minimum absolute atomic E-state index is 0.0765. The van der Waals surface area contributed by atoms with E-state index in [4.69, 9.17) is 10.8 Å². The number of aromatic nitrogens is 6. The fourth-order valence-electron chi connectivity index (χ4n) is 4.56. The van der Waals surface area contributed by atoms with Crippen molar-refractivity contribution < 1.29 is 50.5 Å². The van der Waals surface area contributed by atoms with Crippen molar-refractivity contribution in [3.8, 4) is 11.5 Å². The van der Waals surface area contributed by atoms with Crippen LogP contribution < -0.4 is 15.2 Å². The molecule has 3 N–H and O–H groups in total. The van der Waals surface area contributed by atoms with E-state index < -0.39 is 18.7 Å². The lowest BCUT2D eigenvalue weighted by Gasteiger charge is -2.11. The lowest BCUT2D eigenvalue weighted by Crippen LogP contribution is -2.17. The molecule has 18 heteroatoms. The molecule has 6 rings (SSSR count). The van der Waals surface area contributed by atoms with Crippen LogP contribution in [0.5, 0.6) is 11.5 Å². The summed E-state index contributed by atoms with van der Waals surface area (Å²) in [4.78, 5) is 30.7. The lowest BCUT2D eigenvalue weighted by molar-refractivity contribution is -0.275. The van der Waals surface area contributed by atoms with Crippen molar-refractivity contribution in [3.63, 3.8) is 0 Å². The van der Waals surface area contributed by atoms with Gasteiger partial charge in [-0.05, 0) is 91.1 Å². The molecule has 6 aromatic rings. The molecule has 0 amide bonds. The van der Waals surface area contributed by atoms with Crippen molar-refractivity contribution in [2.24, 2.45) is 5.73 Å². The Morgan fingerprint density at radius 3 is 1.65 bits per heavy atom. The molecule has 0 radical (unpaired) electrons. The summed E-state index contributed by atoms with van der Waals surface area (Å²) in [5.74, 6) is -1.52. The summed E-state index contributed by atoms with van der Waals surface area (Å²) in [6, 6.07) is 14.7. The Balaban J connectivity index is 0.000000189. The minimum Gasteiger partial charge on any atom is -0.478 e. The Morgan fingerprint density at radius 2 is 1.20 bits per heavy atom. The molecular formula is C33H29F6N7O5. The highest BCUT2D eigenvalue weighted by Gasteiger charge is 2.32. The number of alkyl halides is 6. The molecule has 0 fully saturated rings. The van der Waals surface area contributed by atoms with Gasteiger partial charge in [0.05, 0.1) is 5.56 Å². The van der Waals surface area contributed by atoms with Crippen LogP contribution in [0.2, 0.25) is 0 Å². The molecular weight excluding hydrogens is 688 g/mol. The van der Waals surface area contributed by atoms with E-state index in [2.05, 4.69) is 29.6 Å². The van der Waals surface area contributed by atoms with E-state index in [-0.39, 0.29) is 29.3 Å². The van der Waals surface area contributed by atoms with Crippen molar-refractivity contribution in [3.05, 3.63) is 119 Å². The topological polar surface area (TPSA) is 159 Å². The highest BCUT2D eigenvalue weighted by Crippen LogP contribution is 2.26. The molecule has 2 aromatic carbocycles. The Morgan fingerprint density at radius 1 is 0.725 bits per heavy atom. The lowest BCUT2D eigenvalue weighted by atomic mass is 10.00. The number of aromatic carboxylic acids is 1. The number of hydrogen-bond acceptors (Lipinski definition) is 9. The van der Waals surface area contributed by atoms with Crippen molar-refractivity contribution in [2.45, 2.75) is 46.0 Å². The monoisotopic (exact) mass is 717 g/mol. The van der Waals surface area contributed by atoms with Crippen LogP contribution in [-0.2, 0) is 13.0 Å². The van der Waals surface area contributed by atoms with Gasteiger partial charge < -0.3 is 20.3 Å². The third-order valence-corrected chi connectivity index (χ3v) is 7.05. The first-order valence-corrected chi connectivity index (χ1v) is 14.8. The second-order valence-corrected chi connectivity index (χ2v) is 10.7. The Bertz CT molecular complexity index is 2130. The molecule has 0 aliphatic heterocycles. The number of carboxylic acid groups (broad SMARTS) is 1. The van der Waals surface area contributed by atoms with Gasteiger partial charge in [-0.15, -0.1) is 26.3 Å². The standard InChI is InChI=1S/C17H14F3N3O2.C9H10F3NO.C7H5N3O2/c1-11-8-14(25-17(18,19)20)5-2-12(11)3-6-15(24)13-4-7-16-21-10-22-23(16)9-13;1-6-4-8(14-9(10,11)12)3-2-7(6)5-13;11-7(12)5-1-2-6-8-4-9-10(6)3-5/h2,4-5,7-10H,3,6H2,1H3;2-4H,5,13H2,1H3;1-4H,(H,11,12). The average Bonchev–Trinajstić information content (AvgIpc) is 3.72. The van der Waals surface area contributed by atoms with Crippen LogP contribution >= 0.6 is 0 Å². The molecule has 0 bridgehead atoms. The maximum Gasteiger partial charge on any atom is 0.573 e. The van der Waals surface area contributed by atoms with Crippen LogP contribution in [0.3, 0.4) is 0 Å². The van der Waals surface area contributed by atoms with Gasteiger partial charge in [-0.2, -0.15) is 10.2 Å². The summed E-state index contributed by atoms with van der Waals surface area (Å²) in [6.45, 7) is 3.67. The van der Waals surface area contributed by atoms with E-state index in [1.165, 1.54) is 64.3 Å². The van der Waals surface area contributed by atoms with Gasteiger partial charge in [-0.25, -0.2) is 23.8 Å². The zero-order valence-corrected chi connectivity index (χ0v) is 26.8. The Kier molecular flexibility index (Phi) is 11.9. The van der Waals surface area contributed by atoms with E-state index in [1.54, 1.807) is 44.3 Å². The van der Waals surface area contributed by atoms with Crippen LogP contribution in [0.15, 0.2) is 85.7 Å². The number of carbonyl (C=O) groups is 2. The number of rotatable bonds is 8. The third kappa shape index (κ3) is 11.2. The third-order valence-electron chi connectivity index (χ3n) is 7.05. The smallest absolute Gasteiger partial charge is 0.478 e. The number of benzene rings is 2. The van der Waals surface area contributed by atoms with Crippen molar-refractivity contribution in [1.29, 1.82) is 0 Å². The van der Waals surface area contributed by atoms with E-state index in [0.29, 0.717) is 41.0 Å². The van der Waals surface area contributed by atoms with Crippen molar-refractivity contribution in [2.75, 3.05) is 0 Å². The molecule has 51 heavy (non-hydrogen) atoms. The Hall–Kier alpha value is -6.04. The predicted molar refractivity (Wildman–Crippen MR) is 169 cm³/mol. The zero-order valence-electron chi connectivity index (χ0n) is 26.8. The molecule has 12 nitrogen and oxygen atoms in total. The predicted octanol–water partition coefficient (Wildman–Crippen LogP) is 6.53. The molecule has 0 aliphatic rings. The normalized spacial score (nSPS) is 11.3. The number of carbonyl (C=O) groups excluding carboxylic acids is 1. The summed E-state index contributed by atoms with van der Waals surface area (Å²) in [5, 5.41) is 16.4. The first kappa shape index (κ1) is 37.8. The number of fused-ring (bicyclic) bond motifs is 2. The second-order valence-electron chi connectivity index (χ2n) is 10.7. The maximum atomic E-state index is 12.3. The van der Waals surface area contributed by atoms with Crippen molar-refractivity contribution >= 4 is 23.0 Å². The number of nitrogens with two attached hydrogens (primary N) is 1. The number of hydrogen-bond donors (Lipinski definition) is 2. The van der Waals surface area contributed by atoms with Crippen LogP contribution in [0, 0.1) is 13.8 Å². The largest absolute Gasteiger partial charge is 0.573 e. The van der Waals surface area contributed by atoms with Gasteiger partial charge in [0, 0.05) is 30.9 Å². The molecule has 0 spiro atoms. The minimum atomic E-state index is -4.72. The fourth-order valence-corrected chi connectivity index (χ4v) is 4.56. The van der Waals surface area contributed by atoms with Crippen LogP contribution in [0.25, 0.3) is 11.3 Å². The van der Waals surface area contributed by atoms with Gasteiger partial charge in [-0.3, -0.25) is 4.79 Å². The maximum absolute atomic E-state index is 12.3. The zero-order chi connectivity index (χ0) is 37.3. The van der Waals surface area contributed by atoms with Gasteiger partial charge >= 0.3 is 18.7 Å². The van der Waals surface area contributed by atoms with E-state index in [1.807, 2.05) is 0 Å².